The predicted molar refractivity (Wildman–Crippen MR) is 201 cm³/mol. The fourth-order valence-corrected chi connectivity index (χ4v) is 8.89. The molecule has 4 atom stereocenters. The van der Waals surface area contributed by atoms with Gasteiger partial charge in [0.1, 0.15) is 23.0 Å². The van der Waals surface area contributed by atoms with Gasteiger partial charge in [0.25, 0.3) is 5.56 Å². The zero-order valence-corrected chi connectivity index (χ0v) is 31.7. The van der Waals surface area contributed by atoms with Crippen LogP contribution in [0.1, 0.15) is 36.6 Å². The normalized spacial score (nSPS) is 21.4. The lowest BCUT2D eigenvalue weighted by molar-refractivity contribution is -0.129. The zero-order chi connectivity index (χ0) is 40.0. The Morgan fingerprint density at radius 3 is 2.39 bits per heavy atom. The number of hydrogen-bond donors (Lipinski definition) is 1. The molecular formula is C39H36ClFN6O9. The van der Waals surface area contributed by atoms with Crippen LogP contribution in [0, 0.1) is 17.2 Å². The quantitative estimate of drug-likeness (QED) is 0.181. The topological polar surface area (TPSA) is 169 Å². The first-order chi connectivity index (χ1) is 26.7. The Hall–Kier alpha value is -6.16. The number of phenolic OH excluding ortho intramolecular Hbond substituents is 1. The van der Waals surface area contributed by atoms with Crippen LogP contribution in [0.3, 0.4) is 0 Å². The second kappa shape index (κ2) is 13.3. The van der Waals surface area contributed by atoms with E-state index in [-0.39, 0.29) is 53.6 Å². The van der Waals surface area contributed by atoms with Crippen molar-refractivity contribution in [3.8, 4) is 23.0 Å². The molecule has 15 nitrogen and oxygen atoms in total. The molecule has 0 radical (unpaired) electrons. The average Bonchev–Trinajstić information content (AvgIpc) is 3.55. The van der Waals surface area contributed by atoms with E-state index in [1.807, 2.05) is 0 Å². The standard InChI is InChI=1S/C39H36ClFN6O9/c1-39-23(34(49)46(36(39)51)19-6-8-25(41)24(40)14-19)16-28-21(33(39)22-15-20(54-3)7-9-30(22)48)10-13-45-37(52)44(38(53)47(28)45)12-11-26-35(50)43(2)29-18-32(56-5)31(55-4)17-27(29)42-26/h6-10,14-15,17-18,23,28,33,48H,11-13,16H2,1-5H3/t23-,28+,33+,39+/m0/s1. The molecule has 2 amide bonds. The Kier molecular flexibility index (Phi) is 8.71. The minimum Gasteiger partial charge on any atom is -0.508 e. The first-order valence-corrected chi connectivity index (χ1v) is 18.1. The zero-order valence-electron chi connectivity index (χ0n) is 30.9. The minimum absolute atomic E-state index is 0.0546. The number of fused-ring (bicyclic) bond motifs is 5. The molecule has 1 saturated carbocycles. The van der Waals surface area contributed by atoms with Crippen LogP contribution >= 0.6 is 11.6 Å². The second-order valence-corrected chi connectivity index (χ2v) is 14.6. The number of anilines is 1. The van der Waals surface area contributed by atoms with Crippen molar-refractivity contribution in [3.63, 3.8) is 0 Å². The first-order valence-electron chi connectivity index (χ1n) is 17.7. The smallest absolute Gasteiger partial charge is 0.347 e. The van der Waals surface area contributed by atoms with Gasteiger partial charge < -0.3 is 23.9 Å². The number of nitrogens with zero attached hydrogens (tertiary/aromatic N) is 6. The summed E-state index contributed by atoms with van der Waals surface area (Å²) in [5.41, 5.74) is -1.31. The Morgan fingerprint density at radius 1 is 0.964 bits per heavy atom. The van der Waals surface area contributed by atoms with Crippen molar-refractivity contribution < 1.29 is 33.3 Å². The van der Waals surface area contributed by atoms with Gasteiger partial charge in [-0.1, -0.05) is 17.7 Å². The molecule has 8 rings (SSSR count). The SMILES string of the molecule is COc1ccc(O)c([C@H]2C3=CCn4c(=O)n(CCc5nc6cc(OC)c(OC)cc6n(C)c5=O)c(=O)n4[C@@H]3C[C@H]3C(=O)N(c4ccc(F)c(Cl)c4)C(=O)[C@@]23C)c1. The number of methoxy groups -OCH3 is 3. The molecule has 0 spiro atoms. The molecule has 3 aromatic carbocycles. The largest absolute Gasteiger partial charge is 0.508 e. The number of benzene rings is 3. The van der Waals surface area contributed by atoms with Crippen LogP contribution in [0.2, 0.25) is 5.02 Å². The van der Waals surface area contributed by atoms with Gasteiger partial charge in [0.05, 0.1) is 67.0 Å². The first kappa shape index (κ1) is 36.8. The van der Waals surface area contributed by atoms with Crippen LogP contribution < -0.4 is 36.0 Å². The van der Waals surface area contributed by atoms with Crippen LogP contribution in [0.4, 0.5) is 10.1 Å². The van der Waals surface area contributed by atoms with Crippen LogP contribution in [0.25, 0.3) is 11.0 Å². The number of halogens is 2. The highest BCUT2D eigenvalue weighted by molar-refractivity contribution is 6.31. The molecule has 56 heavy (non-hydrogen) atoms. The van der Waals surface area contributed by atoms with Crippen LogP contribution in [-0.2, 0) is 36.1 Å². The van der Waals surface area contributed by atoms with E-state index in [0.717, 1.165) is 15.5 Å². The van der Waals surface area contributed by atoms with Gasteiger partial charge in [-0.15, -0.1) is 0 Å². The van der Waals surface area contributed by atoms with E-state index in [4.69, 9.17) is 25.8 Å². The number of carbonyl (C=O) groups excluding carboxylic acids is 2. The molecule has 0 unspecified atom stereocenters. The van der Waals surface area contributed by atoms with Gasteiger partial charge in [-0.25, -0.2) is 37.8 Å². The number of imide groups is 1. The number of amides is 2. The maximum absolute atomic E-state index is 14.6. The molecule has 0 bridgehead atoms. The summed E-state index contributed by atoms with van der Waals surface area (Å²) >= 11 is 6.09. The maximum Gasteiger partial charge on any atom is 0.347 e. The molecule has 1 saturated heterocycles. The predicted octanol–water partition coefficient (Wildman–Crippen LogP) is 3.69. The molecule has 4 heterocycles. The highest BCUT2D eigenvalue weighted by atomic mass is 35.5. The van der Waals surface area contributed by atoms with Gasteiger partial charge in [0.2, 0.25) is 11.8 Å². The number of ether oxygens (including phenoxy) is 3. The third-order valence-corrected chi connectivity index (χ3v) is 11.8. The van der Waals surface area contributed by atoms with Gasteiger partial charge in [0.15, 0.2) is 11.5 Å². The number of aromatic hydroxyl groups is 1. The lowest BCUT2D eigenvalue weighted by atomic mass is 9.56. The number of allylic oxidation sites excluding steroid dienone is 2. The van der Waals surface area contributed by atoms with Crippen molar-refractivity contribution in [3.05, 3.63) is 114 Å². The average molecular weight is 787 g/mol. The summed E-state index contributed by atoms with van der Waals surface area (Å²) in [4.78, 5) is 76.4. The Labute approximate surface area is 322 Å². The molecule has 3 aliphatic rings. The lowest BCUT2D eigenvalue weighted by Gasteiger charge is -2.47. The summed E-state index contributed by atoms with van der Waals surface area (Å²) in [5, 5.41) is 11.0. The number of phenols is 1. The summed E-state index contributed by atoms with van der Waals surface area (Å²) in [7, 11) is 6.00. The van der Waals surface area contributed by atoms with E-state index in [1.54, 1.807) is 44.3 Å². The van der Waals surface area contributed by atoms with Crippen molar-refractivity contribution in [2.75, 3.05) is 26.2 Å². The van der Waals surface area contributed by atoms with Crippen molar-refractivity contribution in [1.82, 2.24) is 23.5 Å². The van der Waals surface area contributed by atoms with Crippen molar-refractivity contribution in [2.45, 2.75) is 44.8 Å². The molecule has 1 aliphatic carbocycles. The number of aryl methyl sites for hydroxylation is 2. The molecular weight excluding hydrogens is 751 g/mol. The number of carbonyl (C=O) groups is 2. The monoisotopic (exact) mass is 786 g/mol. The molecule has 5 aromatic rings. The summed E-state index contributed by atoms with van der Waals surface area (Å²) in [6.45, 7) is 1.39. The van der Waals surface area contributed by atoms with E-state index in [0.29, 0.717) is 33.9 Å². The molecule has 2 aromatic heterocycles. The number of aromatic nitrogens is 5. The van der Waals surface area contributed by atoms with Gasteiger partial charge >= 0.3 is 11.4 Å². The van der Waals surface area contributed by atoms with Gasteiger partial charge in [-0.3, -0.25) is 14.4 Å². The second-order valence-electron chi connectivity index (χ2n) is 14.2. The summed E-state index contributed by atoms with van der Waals surface area (Å²) in [5.74, 6) is -2.94. The van der Waals surface area contributed by atoms with E-state index >= 15 is 0 Å². The van der Waals surface area contributed by atoms with Gasteiger partial charge in [0, 0.05) is 43.6 Å². The Morgan fingerprint density at radius 2 is 1.70 bits per heavy atom. The van der Waals surface area contributed by atoms with Crippen molar-refractivity contribution in [2.24, 2.45) is 18.4 Å². The van der Waals surface area contributed by atoms with Crippen LogP contribution in [0.15, 0.2) is 74.6 Å². The highest BCUT2D eigenvalue weighted by Crippen LogP contribution is 2.62. The fourth-order valence-electron chi connectivity index (χ4n) is 8.71. The van der Waals surface area contributed by atoms with E-state index in [1.165, 1.54) is 53.5 Å². The molecule has 1 N–H and O–H groups in total. The number of hydrogen-bond acceptors (Lipinski definition) is 10. The summed E-state index contributed by atoms with van der Waals surface area (Å²) in [6, 6.07) is 10.5. The van der Waals surface area contributed by atoms with Crippen LogP contribution in [-0.4, -0.2) is 61.7 Å². The molecule has 290 valence electrons. The third kappa shape index (κ3) is 5.22. The maximum atomic E-state index is 14.6. The Balaban J connectivity index is 1.22. The number of rotatable bonds is 8. The van der Waals surface area contributed by atoms with Gasteiger partial charge in [-0.05, 0) is 55.3 Å². The minimum atomic E-state index is -1.51. The molecule has 17 heteroatoms. The third-order valence-electron chi connectivity index (χ3n) is 11.5. The lowest BCUT2D eigenvalue weighted by Crippen LogP contribution is -2.49. The summed E-state index contributed by atoms with van der Waals surface area (Å²) in [6.07, 6.45) is 1.63. The van der Waals surface area contributed by atoms with Crippen LogP contribution in [0.5, 0.6) is 23.0 Å². The fraction of sp³-hybridized carbons (Fsp3) is 0.333. The molecule has 2 fully saturated rings. The summed E-state index contributed by atoms with van der Waals surface area (Å²) < 4.78 is 35.5. The van der Waals surface area contributed by atoms with E-state index in [9.17, 15) is 33.5 Å². The van der Waals surface area contributed by atoms with Crippen molar-refractivity contribution >= 4 is 40.1 Å². The van der Waals surface area contributed by atoms with E-state index in [2.05, 4.69) is 4.98 Å². The molecule has 2 aliphatic heterocycles. The van der Waals surface area contributed by atoms with Gasteiger partial charge in [-0.2, -0.15) is 0 Å². The highest BCUT2D eigenvalue weighted by Gasteiger charge is 2.66. The Bertz CT molecular complexity index is 2730. The van der Waals surface area contributed by atoms with E-state index < -0.39 is 57.9 Å². The van der Waals surface area contributed by atoms with Crippen molar-refractivity contribution in [1.29, 1.82) is 0 Å².